The summed E-state index contributed by atoms with van der Waals surface area (Å²) >= 11 is 0. The normalized spacial score (nSPS) is 25.1. The molecular formula is C29H33N3O4. The topological polar surface area (TPSA) is 86.8 Å². The molecule has 2 aromatic rings. The Morgan fingerprint density at radius 1 is 0.972 bits per heavy atom. The number of carbonyl (C=O) groups is 4. The fourth-order valence-corrected chi connectivity index (χ4v) is 6.82. The summed E-state index contributed by atoms with van der Waals surface area (Å²) in [5.74, 6) is -1.52. The van der Waals surface area contributed by atoms with E-state index in [4.69, 9.17) is 0 Å². The van der Waals surface area contributed by atoms with Crippen LogP contribution in [0.15, 0.2) is 48.5 Å². The van der Waals surface area contributed by atoms with Gasteiger partial charge >= 0.3 is 0 Å². The largest absolute Gasteiger partial charge is 0.335 e. The monoisotopic (exact) mass is 487 g/mol. The molecule has 1 aliphatic carbocycles. The molecule has 1 saturated carbocycles. The molecule has 1 N–H and O–H groups in total. The molecule has 36 heavy (non-hydrogen) atoms. The van der Waals surface area contributed by atoms with Crippen LogP contribution < -0.4 is 5.32 Å². The number of hydrogen-bond acceptors (Lipinski definition) is 4. The van der Waals surface area contributed by atoms with E-state index in [1.54, 1.807) is 55.5 Å². The maximum absolute atomic E-state index is 13.7. The number of fused-ring (bicyclic) bond motifs is 3. The highest BCUT2D eigenvalue weighted by Gasteiger charge is 2.51. The van der Waals surface area contributed by atoms with E-state index in [0.717, 1.165) is 24.2 Å². The van der Waals surface area contributed by atoms with E-state index in [0.29, 0.717) is 28.9 Å². The number of likely N-dealkylation sites (tertiary alicyclic amines) is 1. The van der Waals surface area contributed by atoms with Crippen LogP contribution in [0.25, 0.3) is 0 Å². The lowest BCUT2D eigenvalue weighted by Gasteiger charge is -2.39. The highest BCUT2D eigenvalue weighted by molar-refractivity contribution is 6.23. The van der Waals surface area contributed by atoms with Crippen molar-refractivity contribution in [3.8, 4) is 0 Å². The zero-order valence-electron chi connectivity index (χ0n) is 21.3. The van der Waals surface area contributed by atoms with Crippen molar-refractivity contribution in [2.45, 2.75) is 65.5 Å². The Morgan fingerprint density at radius 2 is 1.58 bits per heavy atom. The number of anilines is 1. The average Bonchev–Trinajstić information content (AvgIpc) is 3.23. The SMILES string of the molecule is CC[C@H](C(=O)Nc1ccccc1C(=O)N1C[C@]2(C)C[C@@H]1CC(C)(C)C2)N1C(=O)c2ccccc2C1=O. The molecule has 7 heteroatoms. The molecule has 0 unspecified atom stereocenters. The molecule has 2 bridgehead atoms. The third kappa shape index (κ3) is 4.00. The number of nitrogens with zero attached hydrogens (tertiary/aromatic N) is 2. The number of imide groups is 1. The molecule has 188 valence electrons. The Bertz CT molecular complexity index is 1230. The lowest BCUT2D eigenvalue weighted by atomic mass is 9.65. The van der Waals surface area contributed by atoms with Crippen molar-refractivity contribution in [3.05, 3.63) is 65.2 Å². The number of benzene rings is 2. The van der Waals surface area contributed by atoms with Crippen molar-refractivity contribution in [1.29, 1.82) is 0 Å². The first-order valence-electron chi connectivity index (χ1n) is 12.7. The summed E-state index contributed by atoms with van der Waals surface area (Å²) in [6, 6.07) is 12.8. The summed E-state index contributed by atoms with van der Waals surface area (Å²) in [5, 5.41) is 2.86. The number of hydrogen-bond donors (Lipinski definition) is 1. The van der Waals surface area contributed by atoms with Crippen LogP contribution in [0.3, 0.4) is 0 Å². The Labute approximate surface area is 211 Å². The number of rotatable bonds is 5. The van der Waals surface area contributed by atoms with E-state index in [2.05, 4.69) is 26.1 Å². The smallest absolute Gasteiger partial charge is 0.262 e. The predicted octanol–water partition coefficient (Wildman–Crippen LogP) is 4.74. The average molecular weight is 488 g/mol. The van der Waals surface area contributed by atoms with Crippen LogP contribution in [-0.2, 0) is 4.79 Å². The van der Waals surface area contributed by atoms with Gasteiger partial charge in [0.05, 0.1) is 22.4 Å². The standard InChI is InChI=1S/C29H33N3O4/c1-5-23(32-26(35)19-10-6-7-11-20(19)27(32)36)24(33)30-22-13-9-8-12-21(22)25(34)31-17-29(4)15-18(31)14-28(2,3)16-29/h6-13,18,23H,5,14-17H2,1-4H3,(H,30,33)/t18-,23+,29+/m0/s1. The van der Waals surface area contributed by atoms with Crippen molar-refractivity contribution in [3.63, 3.8) is 0 Å². The van der Waals surface area contributed by atoms with Gasteiger partial charge in [-0.2, -0.15) is 0 Å². The Morgan fingerprint density at radius 3 is 2.22 bits per heavy atom. The quantitative estimate of drug-likeness (QED) is 0.617. The van der Waals surface area contributed by atoms with Gasteiger partial charge in [0.1, 0.15) is 6.04 Å². The van der Waals surface area contributed by atoms with Gasteiger partial charge in [0.15, 0.2) is 0 Å². The van der Waals surface area contributed by atoms with E-state index >= 15 is 0 Å². The summed E-state index contributed by atoms with van der Waals surface area (Å²) in [6.45, 7) is 9.26. The zero-order chi connectivity index (χ0) is 25.8. The van der Waals surface area contributed by atoms with Gasteiger partial charge in [-0.05, 0) is 60.8 Å². The summed E-state index contributed by atoms with van der Waals surface area (Å²) in [5.41, 5.74) is 1.72. The Balaban J connectivity index is 1.38. The molecule has 4 amide bonds. The fourth-order valence-electron chi connectivity index (χ4n) is 6.82. The molecule has 3 atom stereocenters. The van der Waals surface area contributed by atoms with Gasteiger partial charge in [0.25, 0.3) is 17.7 Å². The molecular weight excluding hydrogens is 454 g/mol. The first-order chi connectivity index (χ1) is 17.0. The summed E-state index contributed by atoms with van der Waals surface area (Å²) < 4.78 is 0. The van der Waals surface area contributed by atoms with Crippen LogP contribution in [0.4, 0.5) is 5.69 Å². The van der Waals surface area contributed by atoms with E-state index in [1.807, 2.05) is 4.90 Å². The fraction of sp³-hybridized carbons (Fsp3) is 0.448. The van der Waals surface area contributed by atoms with E-state index in [-0.39, 0.29) is 29.2 Å². The molecule has 2 aromatic carbocycles. The molecule has 0 radical (unpaired) electrons. The lowest BCUT2D eigenvalue weighted by Crippen LogP contribution is -2.47. The lowest BCUT2D eigenvalue weighted by molar-refractivity contribution is -0.120. The minimum atomic E-state index is -0.980. The van der Waals surface area contributed by atoms with Crippen molar-refractivity contribution >= 4 is 29.3 Å². The summed E-state index contributed by atoms with van der Waals surface area (Å²) in [4.78, 5) is 56.1. The second kappa shape index (κ2) is 8.57. The number of carbonyl (C=O) groups excluding carboxylic acids is 4. The van der Waals surface area contributed by atoms with Crippen LogP contribution in [0.5, 0.6) is 0 Å². The van der Waals surface area contributed by atoms with Crippen LogP contribution in [0.2, 0.25) is 0 Å². The molecule has 7 nitrogen and oxygen atoms in total. The maximum Gasteiger partial charge on any atom is 0.262 e. The summed E-state index contributed by atoms with van der Waals surface area (Å²) in [6.07, 6.45) is 3.29. The number of para-hydroxylation sites is 1. The molecule has 2 aliphatic heterocycles. The third-order valence-electron chi connectivity index (χ3n) is 7.92. The van der Waals surface area contributed by atoms with Crippen LogP contribution >= 0.6 is 0 Å². The number of nitrogens with one attached hydrogen (secondary N) is 1. The van der Waals surface area contributed by atoms with Gasteiger partial charge in [0.2, 0.25) is 5.91 Å². The Kier molecular flexibility index (Phi) is 5.77. The van der Waals surface area contributed by atoms with Crippen molar-refractivity contribution in [2.75, 3.05) is 11.9 Å². The van der Waals surface area contributed by atoms with E-state index in [1.165, 1.54) is 0 Å². The van der Waals surface area contributed by atoms with Gasteiger partial charge in [-0.15, -0.1) is 0 Å². The zero-order valence-corrected chi connectivity index (χ0v) is 21.3. The van der Waals surface area contributed by atoms with E-state index in [9.17, 15) is 19.2 Å². The highest BCUT2D eigenvalue weighted by atomic mass is 16.2. The number of amides is 4. The maximum atomic E-state index is 13.7. The van der Waals surface area contributed by atoms with Crippen molar-refractivity contribution in [1.82, 2.24) is 9.80 Å². The second-order valence-corrected chi connectivity index (χ2v) is 11.6. The molecule has 0 aromatic heterocycles. The van der Waals surface area contributed by atoms with Crippen LogP contribution in [0, 0.1) is 10.8 Å². The molecule has 5 rings (SSSR count). The predicted molar refractivity (Wildman–Crippen MR) is 137 cm³/mol. The molecule has 1 saturated heterocycles. The van der Waals surface area contributed by atoms with Crippen molar-refractivity contribution in [2.24, 2.45) is 10.8 Å². The first-order valence-corrected chi connectivity index (χ1v) is 12.7. The molecule has 3 aliphatic rings. The van der Waals surface area contributed by atoms with Gasteiger partial charge < -0.3 is 10.2 Å². The Hall–Kier alpha value is -3.48. The van der Waals surface area contributed by atoms with Crippen LogP contribution in [0.1, 0.15) is 84.5 Å². The van der Waals surface area contributed by atoms with Gasteiger partial charge in [-0.3, -0.25) is 24.1 Å². The first kappa shape index (κ1) is 24.2. The van der Waals surface area contributed by atoms with E-state index < -0.39 is 23.8 Å². The van der Waals surface area contributed by atoms with Crippen molar-refractivity contribution < 1.29 is 19.2 Å². The highest BCUT2D eigenvalue weighted by Crippen LogP contribution is 2.52. The molecule has 0 spiro atoms. The molecule has 2 heterocycles. The van der Waals surface area contributed by atoms with Gasteiger partial charge in [0, 0.05) is 12.6 Å². The minimum Gasteiger partial charge on any atom is -0.335 e. The minimum absolute atomic E-state index is 0.0916. The van der Waals surface area contributed by atoms with Crippen LogP contribution in [-0.4, -0.2) is 52.1 Å². The molecule has 2 fully saturated rings. The van der Waals surface area contributed by atoms with Gasteiger partial charge in [-0.1, -0.05) is 52.0 Å². The summed E-state index contributed by atoms with van der Waals surface area (Å²) in [7, 11) is 0. The second-order valence-electron chi connectivity index (χ2n) is 11.6. The van der Waals surface area contributed by atoms with Gasteiger partial charge in [-0.25, -0.2) is 0 Å². The third-order valence-corrected chi connectivity index (χ3v) is 7.92.